The van der Waals surface area contributed by atoms with Gasteiger partial charge in [0.15, 0.2) is 5.82 Å². The molecule has 0 spiro atoms. The molecule has 5 nitrogen and oxygen atoms in total. The molecule has 1 heterocycles. The first kappa shape index (κ1) is 17.2. The lowest BCUT2D eigenvalue weighted by Crippen LogP contribution is -2.32. The van der Waals surface area contributed by atoms with Crippen LogP contribution in [0, 0.1) is 0 Å². The van der Waals surface area contributed by atoms with Crippen LogP contribution in [0.15, 0.2) is 48.5 Å². The number of fused-ring (bicyclic) bond motifs is 1. The number of amides is 1. The molecule has 0 N–H and O–H groups in total. The Hall–Kier alpha value is -2.66. The molecule has 6 heteroatoms. The number of carbonyl (C=O) groups is 1. The number of halogens is 1. The topological polar surface area (TPSA) is 55.3 Å². The standard InChI is InChI=1S/C19H18ClN3O2/c1-3-23(19(24)25-4-2)18-14-10-6-8-12-16(14)21-17(22-18)13-9-5-7-11-15(13)20/h5-12H,3-4H2,1-2H3. The fraction of sp³-hybridized carbons (Fsp3) is 0.211. The third-order valence-electron chi connectivity index (χ3n) is 3.76. The average Bonchev–Trinajstić information content (AvgIpc) is 2.63. The van der Waals surface area contributed by atoms with E-state index in [0.717, 1.165) is 16.5 Å². The van der Waals surface area contributed by atoms with Crippen LogP contribution in [0.1, 0.15) is 13.8 Å². The molecule has 0 bridgehead atoms. The molecule has 25 heavy (non-hydrogen) atoms. The molecule has 1 amide bonds. The van der Waals surface area contributed by atoms with E-state index < -0.39 is 6.09 Å². The summed E-state index contributed by atoms with van der Waals surface area (Å²) in [6, 6.07) is 14.9. The highest BCUT2D eigenvalue weighted by atomic mass is 35.5. The SMILES string of the molecule is CCOC(=O)N(CC)c1nc(-c2ccccc2Cl)nc2ccccc12. The second kappa shape index (κ2) is 7.49. The quantitative estimate of drug-likeness (QED) is 0.665. The number of rotatable bonds is 4. The molecule has 128 valence electrons. The predicted octanol–water partition coefficient (Wildman–Crippen LogP) is 4.93. The molecule has 0 atom stereocenters. The lowest BCUT2D eigenvalue weighted by Gasteiger charge is -2.21. The first-order valence-electron chi connectivity index (χ1n) is 8.11. The van der Waals surface area contributed by atoms with Gasteiger partial charge in [-0.3, -0.25) is 4.90 Å². The van der Waals surface area contributed by atoms with E-state index in [1.54, 1.807) is 13.0 Å². The zero-order valence-corrected chi connectivity index (χ0v) is 14.8. The van der Waals surface area contributed by atoms with Crippen LogP contribution in [0.2, 0.25) is 5.02 Å². The number of nitrogens with zero attached hydrogens (tertiary/aromatic N) is 3. The van der Waals surface area contributed by atoms with Crippen molar-refractivity contribution in [1.82, 2.24) is 9.97 Å². The lowest BCUT2D eigenvalue weighted by molar-refractivity contribution is 0.160. The third kappa shape index (κ3) is 3.42. The number of ether oxygens (including phenoxy) is 1. The summed E-state index contributed by atoms with van der Waals surface area (Å²) in [5.41, 5.74) is 1.46. The molecule has 1 aromatic heterocycles. The Morgan fingerprint density at radius 3 is 2.52 bits per heavy atom. The number of aromatic nitrogens is 2. The van der Waals surface area contributed by atoms with Crippen LogP contribution in [0.5, 0.6) is 0 Å². The van der Waals surface area contributed by atoms with Crippen molar-refractivity contribution >= 4 is 34.4 Å². The Bertz CT molecular complexity index is 914. The fourth-order valence-electron chi connectivity index (χ4n) is 2.60. The van der Waals surface area contributed by atoms with E-state index in [1.807, 2.05) is 49.4 Å². The van der Waals surface area contributed by atoms with E-state index in [9.17, 15) is 4.79 Å². The van der Waals surface area contributed by atoms with Gasteiger partial charge in [0.1, 0.15) is 5.82 Å². The second-order valence-corrected chi connectivity index (χ2v) is 5.72. The Morgan fingerprint density at radius 2 is 1.80 bits per heavy atom. The number of anilines is 1. The van der Waals surface area contributed by atoms with Crippen molar-refractivity contribution in [2.75, 3.05) is 18.1 Å². The first-order valence-corrected chi connectivity index (χ1v) is 8.49. The number of carbonyl (C=O) groups excluding carboxylic acids is 1. The van der Waals surface area contributed by atoms with Crippen molar-refractivity contribution in [3.8, 4) is 11.4 Å². The number of para-hydroxylation sites is 1. The van der Waals surface area contributed by atoms with E-state index in [4.69, 9.17) is 16.3 Å². The Morgan fingerprint density at radius 1 is 1.08 bits per heavy atom. The lowest BCUT2D eigenvalue weighted by atomic mass is 10.1. The highest BCUT2D eigenvalue weighted by Gasteiger charge is 2.21. The van der Waals surface area contributed by atoms with Crippen molar-refractivity contribution < 1.29 is 9.53 Å². The van der Waals surface area contributed by atoms with Crippen LogP contribution < -0.4 is 4.90 Å². The summed E-state index contributed by atoms with van der Waals surface area (Å²) in [6.07, 6.45) is -0.432. The minimum Gasteiger partial charge on any atom is -0.449 e. The van der Waals surface area contributed by atoms with Gasteiger partial charge in [-0.1, -0.05) is 35.9 Å². The summed E-state index contributed by atoms with van der Waals surface area (Å²) >= 11 is 6.30. The van der Waals surface area contributed by atoms with Crippen molar-refractivity contribution in [2.45, 2.75) is 13.8 Å². The summed E-state index contributed by atoms with van der Waals surface area (Å²) in [4.78, 5) is 23.1. The number of benzene rings is 2. The third-order valence-corrected chi connectivity index (χ3v) is 4.09. The zero-order valence-electron chi connectivity index (χ0n) is 14.1. The molecule has 0 radical (unpaired) electrons. The van der Waals surface area contributed by atoms with Gasteiger partial charge in [0, 0.05) is 17.5 Å². The molecule has 0 saturated heterocycles. The molecule has 0 unspecified atom stereocenters. The van der Waals surface area contributed by atoms with Crippen LogP contribution in [0.25, 0.3) is 22.3 Å². The van der Waals surface area contributed by atoms with Gasteiger partial charge in [-0.05, 0) is 38.1 Å². The van der Waals surface area contributed by atoms with E-state index in [2.05, 4.69) is 9.97 Å². The Balaban J connectivity index is 2.23. The van der Waals surface area contributed by atoms with E-state index >= 15 is 0 Å². The molecule has 0 aliphatic rings. The highest BCUT2D eigenvalue weighted by Crippen LogP contribution is 2.31. The fourth-order valence-corrected chi connectivity index (χ4v) is 2.82. The molecule has 2 aromatic carbocycles. The van der Waals surface area contributed by atoms with Crippen molar-refractivity contribution in [3.63, 3.8) is 0 Å². The number of hydrogen-bond donors (Lipinski definition) is 0. The van der Waals surface area contributed by atoms with Gasteiger partial charge in [0.2, 0.25) is 0 Å². The van der Waals surface area contributed by atoms with Crippen LogP contribution >= 0.6 is 11.6 Å². The van der Waals surface area contributed by atoms with Gasteiger partial charge >= 0.3 is 6.09 Å². The smallest absolute Gasteiger partial charge is 0.415 e. The first-order chi connectivity index (χ1) is 12.2. The van der Waals surface area contributed by atoms with E-state index in [-0.39, 0.29) is 0 Å². The normalized spacial score (nSPS) is 10.7. The Kier molecular flexibility index (Phi) is 5.14. The van der Waals surface area contributed by atoms with Crippen LogP contribution in [-0.4, -0.2) is 29.2 Å². The molecule has 0 saturated carbocycles. The van der Waals surface area contributed by atoms with Gasteiger partial charge in [-0.25, -0.2) is 14.8 Å². The second-order valence-electron chi connectivity index (χ2n) is 5.31. The van der Waals surface area contributed by atoms with Crippen molar-refractivity contribution in [1.29, 1.82) is 0 Å². The molecule has 0 aliphatic heterocycles. The summed E-state index contributed by atoms with van der Waals surface area (Å²) in [6.45, 7) is 4.39. The minimum absolute atomic E-state index is 0.301. The van der Waals surface area contributed by atoms with Crippen molar-refractivity contribution in [3.05, 3.63) is 53.6 Å². The molecular formula is C19H18ClN3O2. The van der Waals surface area contributed by atoms with Gasteiger partial charge in [-0.15, -0.1) is 0 Å². The van der Waals surface area contributed by atoms with Gasteiger partial charge < -0.3 is 4.74 Å². The zero-order chi connectivity index (χ0) is 17.8. The van der Waals surface area contributed by atoms with Gasteiger partial charge in [0.25, 0.3) is 0 Å². The predicted molar refractivity (Wildman–Crippen MR) is 100 cm³/mol. The van der Waals surface area contributed by atoms with E-state index in [1.165, 1.54) is 4.90 Å². The van der Waals surface area contributed by atoms with Crippen LogP contribution in [0.4, 0.5) is 10.6 Å². The Labute approximate surface area is 151 Å². The number of hydrogen-bond acceptors (Lipinski definition) is 4. The summed E-state index contributed by atoms with van der Waals surface area (Å²) in [7, 11) is 0. The summed E-state index contributed by atoms with van der Waals surface area (Å²) in [5.74, 6) is 0.989. The van der Waals surface area contributed by atoms with Gasteiger partial charge in [0.05, 0.1) is 17.1 Å². The molecule has 0 aliphatic carbocycles. The van der Waals surface area contributed by atoms with Crippen molar-refractivity contribution in [2.24, 2.45) is 0 Å². The maximum Gasteiger partial charge on any atom is 0.415 e. The molecular weight excluding hydrogens is 338 g/mol. The average molecular weight is 356 g/mol. The molecule has 0 fully saturated rings. The molecule has 3 aromatic rings. The summed E-state index contributed by atoms with van der Waals surface area (Å²) < 4.78 is 5.17. The van der Waals surface area contributed by atoms with Gasteiger partial charge in [-0.2, -0.15) is 0 Å². The van der Waals surface area contributed by atoms with E-state index in [0.29, 0.717) is 29.8 Å². The maximum absolute atomic E-state index is 12.4. The molecule has 3 rings (SSSR count). The highest BCUT2D eigenvalue weighted by molar-refractivity contribution is 6.33. The largest absolute Gasteiger partial charge is 0.449 e. The summed E-state index contributed by atoms with van der Waals surface area (Å²) in [5, 5.41) is 1.34. The van der Waals surface area contributed by atoms with Crippen LogP contribution in [0.3, 0.4) is 0 Å². The minimum atomic E-state index is -0.432. The monoisotopic (exact) mass is 355 g/mol. The maximum atomic E-state index is 12.4. The van der Waals surface area contributed by atoms with Crippen LogP contribution in [-0.2, 0) is 4.74 Å².